The van der Waals surface area contributed by atoms with Gasteiger partial charge in [0.15, 0.2) is 5.82 Å². The Morgan fingerprint density at radius 2 is 1.90 bits per heavy atom. The highest BCUT2D eigenvalue weighted by atomic mass is 19.1. The van der Waals surface area contributed by atoms with Gasteiger partial charge in [-0.2, -0.15) is 15.1 Å². The lowest BCUT2D eigenvalue weighted by atomic mass is 9.85. The summed E-state index contributed by atoms with van der Waals surface area (Å²) in [6, 6.07) is 6.17. The number of methoxy groups -OCH3 is 1. The molecule has 1 aromatic carbocycles. The number of hydrogen-bond donors (Lipinski definition) is 0. The minimum Gasteiger partial charge on any atom is -0.467 e. The molecule has 0 unspecified atom stereocenters. The molecule has 0 bridgehead atoms. The van der Waals surface area contributed by atoms with E-state index in [1.807, 2.05) is 52.8 Å². The number of halogens is 1. The van der Waals surface area contributed by atoms with Gasteiger partial charge in [0.1, 0.15) is 17.6 Å². The van der Waals surface area contributed by atoms with Crippen molar-refractivity contribution < 1.29 is 23.4 Å². The third kappa shape index (κ3) is 5.78. The number of carbonyl (C=O) groups is 1. The number of fused-ring (bicyclic) bond motifs is 1. The molecule has 0 spiro atoms. The van der Waals surface area contributed by atoms with Gasteiger partial charge in [0.2, 0.25) is 0 Å². The number of rotatable bonds is 4. The number of likely N-dealkylation sites (tertiary alicyclic amines) is 1. The highest BCUT2D eigenvalue weighted by Crippen LogP contribution is 2.36. The second-order valence-electron chi connectivity index (χ2n) is 11.4. The number of anilines is 1. The van der Waals surface area contributed by atoms with Crippen LogP contribution >= 0.6 is 0 Å². The second-order valence-corrected chi connectivity index (χ2v) is 11.4. The number of aryl methyl sites for hydroxylation is 1. The van der Waals surface area contributed by atoms with Crippen LogP contribution in [-0.4, -0.2) is 88.5 Å². The number of carbonyl (C=O) groups excluding carboxylic acids is 1. The molecule has 0 aliphatic carbocycles. The summed E-state index contributed by atoms with van der Waals surface area (Å²) in [6.45, 7) is 11.9. The number of aromatic nitrogens is 4. The van der Waals surface area contributed by atoms with Crippen LogP contribution in [0.4, 0.5) is 15.0 Å². The van der Waals surface area contributed by atoms with Crippen molar-refractivity contribution in [1.29, 1.82) is 0 Å². The molecule has 1 amide bonds. The quantitative estimate of drug-likeness (QED) is 0.480. The van der Waals surface area contributed by atoms with Crippen molar-refractivity contribution in [3.8, 4) is 11.8 Å². The van der Waals surface area contributed by atoms with E-state index in [0.29, 0.717) is 38.5 Å². The van der Waals surface area contributed by atoms with E-state index in [4.69, 9.17) is 14.2 Å². The van der Waals surface area contributed by atoms with E-state index >= 15 is 4.39 Å². The molecule has 3 atom stereocenters. The van der Waals surface area contributed by atoms with Gasteiger partial charge in [0, 0.05) is 37.0 Å². The first kappa shape index (κ1) is 27.1. The van der Waals surface area contributed by atoms with E-state index in [1.165, 1.54) is 4.90 Å². The molecule has 0 radical (unpaired) electrons. The van der Waals surface area contributed by atoms with E-state index in [-0.39, 0.29) is 24.6 Å². The van der Waals surface area contributed by atoms with Crippen LogP contribution in [0.1, 0.15) is 51.2 Å². The number of alkyl halides is 1. The molecule has 11 heteroatoms. The molecule has 39 heavy (non-hydrogen) atoms. The maximum Gasteiger partial charge on any atom is 0.410 e. The number of benzene rings is 1. The summed E-state index contributed by atoms with van der Waals surface area (Å²) in [5, 5.41) is 5.55. The molecular weight excluding hydrogens is 503 g/mol. The Labute approximate surface area is 228 Å². The zero-order chi connectivity index (χ0) is 27.9. The van der Waals surface area contributed by atoms with Crippen LogP contribution in [0.3, 0.4) is 0 Å². The van der Waals surface area contributed by atoms with Crippen LogP contribution in [0.5, 0.6) is 6.01 Å². The molecule has 2 fully saturated rings. The summed E-state index contributed by atoms with van der Waals surface area (Å²) >= 11 is 0. The predicted molar refractivity (Wildman–Crippen MR) is 146 cm³/mol. The van der Waals surface area contributed by atoms with Gasteiger partial charge >= 0.3 is 12.1 Å². The van der Waals surface area contributed by atoms with E-state index in [0.717, 1.165) is 27.8 Å². The maximum atomic E-state index is 15.6. The lowest BCUT2D eigenvalue weighted by Crippen LogP contribution is -2.46. The molecule has 5 rings (SSSR count). The van der Waals surface area contributed by atoms with Crippen molar-refractivity contribution in [3.05, 3.63) is 35.5 Å². The van der Waals surface area contributed by atoms with Crippen molar-refractivity contribution >= 4 is 22.8 Å². The highest BCUT2D eigenvalue weighted by Gasteiger charge is 2.35. The van der Waals surface area contributed by atoms with Crippen LogP contribution in [-0.2, 0) is 9.47 Å². The molecule has 10 nitrogen and oxygen atoms in total. The van der Waals surface area contributed by atoms with Gasteiger partial charge in [0.05, 0.1) is 38.1 Å². The number of piperidine rings is 1. The molecule has 4 heterocycles. The lowest BCUT2D eigenvalue weighted by Gasteiger charge is -2.36. The van der Waals surface area contributed by atoms with Crippen molar-refractivity contribution in [3.63, 3.8) is 0 Å². The Morgan fingerprint density at radius 1 is 1.13 bits per heavy atom. The zero-order valence-electron chi connectivity index (χ0n) is 23.5. The molecule has 0 N–H and O–H groups in total. The van der Waals surface area contributed by atoms with Crippen LogP contribution in [0.15, 0.2) is 24.4 Å². The number of hydrogen-bond acceptors (Lipinski definition) is 8. The van der Waals surface area contributed by atoms with Crippen molar-refractivity contribution in [1.82, 2.24) is 24.6 Å². The minimum absolute atomic E-state index is 0.000754. The van der Waals surface area contributed by atoms with Gasteiger partial charge in [-0.1, -0.05) is 0 Å². The summed E-state index contributed by atoms with van der Waals surface area (Å²) in [6.07, 6.45) is 0.691. The fourth-order valence-electron chi connectivity index (χ4n) is 5.32. The first-order valence-electron chi connectivity index (χ1n) is 13.4. The first-order chi connectivity index (χ1) is 18.5. The topological polar surface area (TPSA) is 94.8 Å². The van der Waals surface area contributed by atoms with E-state index < -0.39 is 17.9 Å². The Hall–Kier alpha value is -3.47. The summed E-state index contributed by atoms with van der Waals surface area (Å²) in [5.41, 5.74) is 2.09. The van der Waals surface area contributed by atoms with E-state index in [2.05, 4.69) is 20.0 Å². The fourth-order valence-corrected chi connectivity index (χ4v) is 5.32. The summed E-state index contributed by atoms with van der Waals surface area (Å²) in [4.78, 5) is 25.3. The number of amides is 1. The van der Waals surface area contributed by atoms with Gasteiger partial charge in [0.25, 0.3) is 0 Å². The monoisotopic (exact) mass is 540 g/mol. The van der Waals surface area contributed by atoms with Gasteiger partial charge < -0.3 is 24.0 Å². The Kier molecular flexibility index (Phi) is 7.37. The molecule has 2 aliphatic heterocycles. The number of morpholine rings is 1. The number of nitrogens with zero attached hydrogens (tertiary/aromatic N) is 6. The summed E-state index contributed by atoms with van der Waals surface area (Å²) in [7, 11) is 1.54. The first-order valence-corrected chi connectivity index (χ1v) is 13.4. The van der Waals surface area contributed by atoms with Crippen molar-refractivity contribution in [2.45, 2.75) is 64.8 Å². The highest BCUT2D eigenvalue weighted by molar-refractivity contribution is 5.82. The summed E-state index contributed by atoms with van der Waals surface area (Å²) in [5.74, 6) is 0.959. The predicted octanol–water partition coefficient (Wildman–Crippen LogP) is 4.42. The van der Waals surface area contributed by atoms with Crippen LogP contribution in [0, 0.1) is 6.92 Å². The molecule has 210 valence electrons. The van der Waals surface area contributed by atoms with E-state index in [9.17, 15) is 4.79 Å². The Morgan fingerprint density at radius 3 is 2.59 bits per heavy atom. The van der Waals surface area contributed by atoms with Gasteiger partial charge in [-0.05, 0) is 64.3 Å². The van der Waals surface area contributed by atoms with Gasteiger partial charge in [-0.3, -0.25) is 0 Å². The molecule has 2 saturated heterocycles. The normalized spacial score (nSPS) is 22.3. The van der Waals surface area contributed by atoms with Gasteiger partial charge in [-0.25, -0.2) is 13.9 Å². The van der Waals surface area contributed by atoms with Crippen molar-refractivity contribution in [2.75, 3.05) is 44.8 Å². The van der Waals surface area contributed by atoms with E-state index in [1.54, 1.807) is 18.0 Å². The maximum absolute atomic E-state index is 15.6. The molecule has 2 aliphatic rings. The molecule has 2 aromatic heterocycles. The van der Waals surface area contributed by atoms with Crippen LogP contribution in [0.2, 0.25) is 0 Å². The van der Waals surface area contributed by atoms with Crippen LogP contribution < -0.4 is 9.64 Å². The third-order valence-electron chi connectivity index (χ3n) is 7.19. The second kappa shape index (κ2) is 10.6. The van der Waals surface area contributed by atoms with Crippen molar-refractivity contribution in [2.24, 2.45) is 0 Å². The average molecular weight is 541 g/mol. The average Bonchev–Trinajstić information content (AvgIpc) is 3.29. The van der Waals surface area contributed by atoms with Gasteiger partial charge in [-0.15, -0.1) is 0 Å². The fraction of sp³-hybridized carbons (Fsp3) is 0.571. The standard InChI is InChI=1S/C28H37FN6O4/c1-17-11-19-14-30-35(25-13-24(31-26(32-25)37-6)33-9-10-38-18(2)15-33)23(19)12-21(17)20-7-8-34(16-22(20)29)27(36)39-28(3,4)5/h11-14,18,20,22H,7-10,15-16H2,1-6H3/t18-,20-,22-/m0/s1. The smallest absolute Gasteiger partial charge is 0.410 e. The largest absolute Gasteiger partial charge is 0.467 e. The van der Waals surface area contributed by atoms with Crippen LogP contribution in [0.25, 0.3) is 16.7 Å². The molecule has 3 aromatic rings. The lowest BCUT2D eigenvalue weighted by molar-refractivity contribution is 0.0111. The molecular formula is C28H37FN6O4. The number of ether oxygens (including phenoxy) is 3. The Balaban J connectivity index is 1.45. The summed E-state index contributed by atoms with van der Waals surface area (Å²) < 4.78 is 33.9. The zero-order valence-corrected chi connectivity index (χ0v) is 23.5. The minimum atomic E-state index is -1.21. The third-order valence-corrected chi connectivity index (χ3v) is 7.19. The molecule has 0 saturated carbocycles. The SMILES string of the molecule is COc1nc(N2CCO[C@@H](C)C2)cc(-n2ncc3cc(C)c([C@@H]4CCN(C(=O)OC(C)(C)C)C[C@@H]4F)cc32)n1. The Bertz CT molecular complexity index is 1360.